The smallest absolute Gasteiger partial charge is 0.236 e. The number of aromatic nitrogens is 2. The molecule has 6 nitrogen and oxygen atoms in total. The minimum Gasteiger partial charge on any atom is -0.425 e. The summed E-state index contributed by atoms with van der Waals surface area (Å²) in [4.78, 5) is 16.5. The summed E-state index contributed by atoms with van der Waals surface area (Å²) in [7, 11) is 0. The van der Waals surface area contributed by atoms with Gasteiger partial charge in [0.1, 0.15) is 0 Å². The number of hydrogen-bond donors (Lipinski definition) is 0. The Hall–Kier alpha value is -1.43. The average Bonchev–Trinajstić information content (AvgIpc) is 3.05. The third kappa shape index (κ3) is 3.02. The van der Waals surface area contributed by atoms with Crippen molar-refractivity contribution in [2.75, 3.05) is 32.7 Å². The number of hydrogen-bond acceptors (Lipinski definition) is 5. The predicted molar refractivity (Wildman–Crippen MR) is 80.5 cm³/mol. The zero-order valence-electron chi connectivity index (χ0n) is 13.0. The highest BCUT2D eigenvalue weighted by molar-refractivity contribution is 5.78. The van der Waals surface area contributed by atoms with E-state index in [1.54, 1.807) is 0 Å². The molecule has 2 saturated heterocycles. The van der Waals surface area contributed by atoms with Gasteiger partial charge in [-0.3, -0.25) is 9.69 Å². The Morgan fingerprint density at radius 1 is 0.955 bits per heavy atom. The molecule has 0 bridgehead atoms. The highest BCUT2D eigenvalue weighted by Crippen LogP contribution is 2.40. The maximum atomic E-state index is 12.2. The van der Waals surface area contributed by atoms with Gasteiger partial charge in [0.2, 0.25) is 17.7 Å². The molecular formula is C16H24N4O2. The van der Waals surface area contributed by atoms with Crippen molar-refractivity contribution >= 4 is 5.91 Å². The third-order valence-electron chi connectivity index (χ3n) is 5.14. The van der Waals surface area contributed by atoms with Crippen molar-refractivity contribution in [1.82, 2.24) is 20.0 Å². The molecule has 3 aliphatic rings. The second-order valence-electron chi connectivity index (χ2n) is 6.89. The molecule has 120 valence electrons. The lowest BCUT2D eigenvalue weighted by Gasteiger charge is -2.31. The summed E-state index contributed by atoms with van der Waals surface area (Å²) < 4.78 is 5.83. The molecule has 1 aliphatic carbocycles. The first-order valence-corrected chi connectivity index (χ1v) is 8.63. The van der Waals surface area contributed by atoms with E-state index in [9.17, 15) is 4.79 Å². The summed E-state index contributed by atoms with van der Waals surface area (Å²) in [5.41, 5.74) is 0. The number of nitrogens with zero attached hydrogens (tertiary/aromatic N) is 4. The van der Waals surface area contributed by atoms with Crippen LogP contribution in [0.15, 0.2) is 4.42 Å². The van der Waals surface area contributed by atoms with Gasteiger partial charge in [0.05, 0.1) is 6.54 Å². The van der Waals surface area contributed by atoms with Crippen molar-refractivity contribution in [3.05, 3.63) is 11.8 Å². The number of piperidine rings is 1. The highest BCUT2D eigenvalue weighted by Gasteiger charge is 2.32. The van der Waals surface area contributed by atoms with Crippen LogP contribution in [0.25, 0.3) is 0 Å². The lowest BCUT2D eigenvalue weighted by molar-refractivity contribution is -0.131. The molecule has 22 heavy (non-hydrogen) atoms. The number of likely N-dealkylation sites (tertiary alicyclic amines) is 2. The molecule has 2 aliphatic heterocycles. The van der Waals surface area contributed by atoms with Crippen LogP contribution < -0.4 is 0 Å². The molecule has 1 aromatic rings. The Morgan fingerprint density at radius 3 is 2.14 bits per heavy atom. The number of amides is 1. The van der Waals surface area contributed by atoms with E-state index >= 15 is 0 Å². The molecule has 0 radical (unpaired) electrons. The molecule has 0 aromatic carbocycles. The van der Waals surface area contributed by atoms with Crippen LogP contribution in [0.3, 0.4) is 0 Å². The van der Waals surface area contributed by atoms with Gasteiger partial charge in [-0.15, -0.1) is 10.2 Å². The summed E-state index contributed by atoms with van der Waals surface area (Å²) in [5, 5.41) is 8.42. The van der Waals surface area contributed by atoms with Gasteiger partial charge in [0.25, 0.3) is 0 Å². The van der Waals surface area contributed by atoms with Crippen molar-refractivity contribution < 1.29 is 9.21 Å². The first-order valence-electron chi connectivity index (χ1n) is 8.63. The normalized spacial score (nSPS) is 24.1. The summed E-state index contributed by atoms with van der Waals surface area (Å²) >= 11 is 0. The van der Waals surface area contributed by atoms with Gasteiger partial charge in [-0.2, -0.15) is 0 Å². The van der Waals surface area contributed by atoms with E-state index in [4.69, 9.17) is 4.42 Å². The van der Waals surface area contributed by atoms with Gasteiger partial charge in [-0.1, -0.05) is 0 Å². The first-order chi connectivity index (χ1) is 10.8. The van der Waals surface area contributed by atoms with Gasteiger partial charge in [-0.05, 0) is 51.6 Å². The minimum atomic E-state index is 0.296. The summed E-state index contributed by atoms with van der Waals surface area (Å²) in [6.45, 7) is 4.36. The van der Waals surface area contributed by atoms with Crippen molar-refractivity contribution in [3.8, 4) is 0 Å². The fourth-order valence-corrected chi connectivity index (χ4v) is 3.50. The van der Waals surface area contributed by atoms with E-state index in [0.717, 1.165) is 63.6 Å². The molecule has 4 rings (SSSR count). The molecule has 1 aromatic heterocycles. The Kier molecular flexibility index (Phi) is 3.86. The Morgan fingerprint density at radius 2 is 1.55 bits per heavy atom. The standard InChI is InChI=1S/C16H24N4O2/c21-14(20-7-1-2-8-20)11-19-9-5-13(6-10-19)16-18-17-15(22-16)12-3-4-12/h12-13H,1-11H2. The van der Waals surface area contributed by atoms with Gasteiger partial charge < -0.3 is 9.32 Å². The Bertz CT molecular complexity index is 526. The molecular weight excluding hydrogens is 280 g/mol. The largest absolute Gasteiger partial charge is 0.425 e. The first kappa shape index (κ1) is 14.2. The van der Waals surface area contributed by atoms with E-state index in [1.807, 2.05) is 4.90 Å². The lowest BCUT2D eigenvalue weighted by atomic mass is 9.97. The van der Waals surface area contributed by atoms with Crippen LogP contribution in [0.4, 0.5) is 0 Å². The van der Waals surface area contributed by atoms with Gasteiger partial charge in [0.15, 0.2) is 0 Å². The van der Waals surface area contributed by atoms with E-state index < -0.39 is 0 Å². The molecule has 0 spiro atoms. The molecule has 0 N–H and O–H groups in total. The highest BCUT2D eigenvalue weighted by atomic mass is 16.4. The van der Waals surface area contributed by atoms with E-state index in [1.165, 1.54) is 12.8 Å². The minimum absolute atomic E-state index is 0.296. The average molecular weight is 304 g/mol. The molecule has 0 atom stereocenters. The Labute approximate surface area is 130 Å². The number of carbonyl (C=O) groups is 1. The maximum Gasteiger partial charge on any atom is 0.236 e. The molecule has 1 saturated carbocycles. The molecule has 3 heterocycles. The second kappa shape index (κ2) is 5.99. The van der Waals surface area contributed by atoms with Crippen molar-refractivity contribution in [2.45, 2.75) is 50.4 Å². The number of rotatable bonds is 4. The zero-order valence-corrected chi connectivity index (χ0v) is 13.0. The topological polar surface area (TPSA) is 62.5 Å². The summed E-state index contributed by atoms with van der Waals surface area (Å²) in [6.07, 6.45) is 6.74. The summed E-state index contributed by atoms with van der Waals surface area (Å²) in [5.74, 6) is 2.84. The third-order valence-corrected chi connectivity index (χ3v) is 5.14. The molecule has 6 heteroatoms. The molecule has 1 amide bonds. The van der Waals surface area contributed by atoms with Crippen LogP contribution in [-0.2, 0) is 4.79 Å². The van der Waals surface area contributed by atoms with E-state index in [-0.39, 0.29) is 0 Å². The predicted octanol–water partition coefficient (Wildman–Crippen LogP) is 1.75. The van der Waals surface area contributed by atoms with Crippen LogP contribution in [0, 0.1) is 0 Å². The number of carbonyl (C=O) groups excluding carboxylic acids is 1. The fraction of sp³-hybridized carbons (Fsp3) is 0.812. The SMILES string of the molecule is O=C(CN1CCC(c2nnc(C3CC3)o2)CC1)N1CCCC1. The lowest BCUT2D eigenvalue weighted by Crippen LogP contribution is -2.42. The maximum absolute atomic E-state index is 12.2. The van der Waals surface area contributed by atoms with E-state index in [0.29, 0.717) is 24.3 Å². The van der Waals surface area contributed by atoms with E-state index in [2.05, 4.69) is 15.1 Å². The fourth-order valence-electron chi connectivity index (χ4n) is 3.50. The quantitative estimate of drug-likeness (QED) is 0.848. The van der Waals surface area contributed by atoms with Gasteiger partial charge >= 0.3 is 0 Å². The second-order valence-corrected chi connectivity index (χ2v) is 6.89. The van der Waals surface area contributed by atoms with Crippen LogP contribution in [0.5, 0.6) is 0 Å². The summed E-state index contributed by atoms with van der Waals surface area (Å²) in [6, 6.07) is 0. The van der Waals surface area contributed by atoms with Crippen molar-refractivity contribution in [2.24, 2.45) is 0 Å². The van der Waals surface area contributed by atoms with Crippen molar-refractivity contribution in [3.63, 3.8) is 0 Å². The van der Waals surface area contributed by atoms with Gasteiger partial charge in [-0.25, -0.2) is 0 Å². The van der Waals surface area contributed by atoms with Crippen LogP contribution in [0.2, 0.25) is 0 Å². The van der Waals surface area contributed by atoms with Crippen LogP contribution in [-0.4, -0.2) is 58.6 Å². The molecule has 3 fully saturated rings. The molecule has 0 unspecified atom stereocenters. The Balaban J connectivity index is 1.27. The zero-order chi connectivity index (χ0) is 14.9. The van der Waals surface area contributed by atoms with Crippen LogP contribution in [0.1, 0.15) is 62.1 Å². The van der Waals surface area contributed by atoms with Crippen LogP contribution >= 0.6 is 0 Å². The monoisotopic (exact) mass is 304 g/mol. The van der Waals surface area contributed by atoms with Gasteiger partial charge in [0, 0.05) is 24.9 Å². The van der Waals surface area contributed by atoms with Crippen molar-refractivity contribution in [1.29, 1.82) is 0 Å².